The van der Waals surface area contributed by atoms with E-state index in [0.717, 1.165) is 5.56 Å². The minimum absolute atomic E-state index is 0.0781. The van der Waals surface area contributed by atoms with Gasteiger partial charge in [-0.2, -0.15) is 15.5 Å². The van der Waals surface area contributed by atoms with E-state index in [1.165, 1.54) is 6.20 Å². The fourth-order valence-electron chi connectivity index (χ4n) is 4.48. The third kappa shape index (κ3) is 5.26. The van der Waals surface area contributed by atoms with Crippen LogP contribution < -0.4 is 9.47 Å². The number of methoxy groups -OCH3 is 1. The second-order valence-electron chi connectivity index (χ2n) is 9.85. The molecular formula is C26H28FN7O3. The number of hydrogen-bond acceptors (Lipinski definition) is 8. The van der Waals surface area contributed by atoms with Crippen LogP contribution in [0.5, 0.6) is 11.6 Å². The van der Waals surface area contributed by atoms with E-state index in [4.69, 9.17) is 9.47 Å². The first-order valence-corrected chi connectivity index (χ1v) is 11.9. The highest BCUT2D eigenvalue weighted by Gasteiger charge is 2.35. The summed E-state index contributed by atoms with van der Waals surface area (Å²) in [5.74, 6) is 1.02. The highest BCUT2D eigenvalue weighted by Crippen LogP contribution is 2.33. The van der Waals surface area contributed by atoms with Crippen molar-refractivity contribution in [1.29, 1.82) is 5.26 Å². The highest BCUT2D eigenvalue weighted by molar-refractivity contribution is 5.84. The van der Waals surface area contributed by atoms with Gasteiger partial charge in [0, 0.05) is 49.2 Å². The Labute approximate surface area is 213 Å². The number of halogens is 1. The number of nitriles is 1. The molecule has 1 fully saturated rings. The van der Waals surface area contributed by atoms with Gasteiger partial charge in [0.1, 0.15) is 24.6 Å². The molecule has 0 spiro atoms. The number of aliphatic hydroxyl groups is 1. The maximum absolute atomic E-state index is 15.1. The van der Waals surface area contributed by atoms with Crippen molar-refractivity contribution < 1.29 is 19.0 Å². The van der Waals surface area contributed by atoms with Crippen LogP contribution in [0, 0.1) is 11.3 Å². The lowest BCUT2D eigenvalue weighted by molar-refractivity contribution is 0.0283. The van der Waals surface area contributed by atoms with Gasteiger partial charge in [-0.05, 0) is 25.5 Å². The molecule has 0 aromatic carbocycles. The minimum Gasteiger partial charge on any atom is -0.489 e. The molecule has 37 heavy (non-hydrogen) atoms. The van der Waals surface area contributed by atoms with Crippen molar-refractivity contribution >= 4 is 5.52 Å². The van der Waals surface area contributed by atoms with E-state index >= 15 is 4.39 Å². The molecule has 0 radical (unpaired) electrons. The average molecular weight is 506 g/mol. The molecule has 0 aliphatic carbocycles. The minimum atomic E-state index is -1.09. The molecule has 4 aromatic rings. The van der Waals surface area contributed by atoms with Crippen LogP contribution in [0.1, 0.15) is 31.0 Å². The van der Waals surface area contributed by atoms with Gasteiger partial charge in [0.05, 0.1) is 48.4 Å². The summed E-state index contributed by atoms with van der Waals surface area (Å²) in [7, 11) is 1.57. The van der Waals surface area contributed by atoms with Gasteiger partial charge in [0.15, 0.2) is 0 Å². The van der Waals surface area contributed by atoms with E-state index in [9.17, 15) is 10.4 Å². The van der Waals surface area contributed by atoms with Crippen molar-refractivity contribution in [1.82, 2.24) is 29.3 Å². The standard InChI is InChI=1S/C26H28FN7O3/c1-26(2,35)16-37-20-6-21(25-18(7-28)9-31-34(25)13-20)19-10-30-33(12-19)23-15-32(14-22(23)27)11-17-4-5-24(36-3)29-8-17/h4-6,8-10,12-13,22-23,35H,11,14-16H2,1-3H3/t22-,23-/m0/s1. The molecule has 10 nitrogen and oxygen atoms in total. The van der Waals surface area contributed by atoms with E-state index in [-0.39, 0.29) is 13.2 Å². The van der Waals surface area contributed by atoms with Crippen LogP contribution in [-0.2, 0) is 6.54 Å². The second-order valence-corrected chi connectivity index (χ2v) is 9.85. The number of alkyl halides is 1. The lowest BCUT2D eigenvalue weighted by Gasteiger charge is -2.18. The van der Waals surface area contributed by atoms with E-state index in [1.54, 1.807) is 67.1 Å². The number of pyridine rings is 2. The third-order valence-electron chi connectivity index (χ3n) is 6.26. The summed E-state index contributed by atoms with van der Waals surface area (Å²) in [5.41, 5.74) is 2.36. The zero-order valence-corrected chi connectivity index (χ0v) is 20.9. The summed E-state index contributed by atoms with van der Waals surface area (Å²) >= 11 is 0. The summed E-state index contributed by atoms with van der Waals surface area (Å²) in [6.07, 6.45) is 7.25. The van der Waals surface area contributed by atoms with Gasteiger partial charge >= 0.3 is 0 Å². The van der Waals surface area contributed by atoms with Gasteiger partial charge in [-0.3, -0.25) is 9.58 Å². The molecule has 1 N–H and O–H groups in total. The van der Waals surface area contributed by atoms with Crippen molar-refractivity contribution in [2.24, 2.45) is 0 Å². The molecule has 2 atom stereocenters. The molecule has 192 valence electrons. The molecule has 5 heterocycles. The predicted octanol–water partition coefficient (Wildman–Crippen LogP) is 3.02. The number of nitrogens with zero attached hydrogens (tertiary/aromatic N) is 7. The molecule has 0 unspecified atom stereocenters. The van der Waals surface area contributed by atoms with Crippen LogP contribution in [0.15, 0.2) is 49.2 Å². The van der Waals surface area contributed by atoms with Gasteiger partial charge < -0.3 is 14.6 Å². The zero-order chi connectivity index (χ0) is 26.2. The SMILES string of the molecule is COc1ccc(CN2C[C@H](F)[C@@H](n3cc(-c4cc(OCC(C)(C)O)cn5ncc(C#N)c45)cn3)C2)cn1. The number of likely N-dealkylation sites (tertiary alicyclic amines) is 1. The second kappa shape index (κ2) is 9.80. The van der Waals surface area contributed by atoms with Crippen LogP contribution in [-0.4, -0.2) is 73.0 Å². The Balaban J connectivity index is 1.40. The van der Waals surface area contributed by atoms with Crippen molar-refractivity contribution in [3.63, 3.8) is 0 Å². The number of aromatic nitrogens is 5. The van der Waals surface area contributed by atoms with Gasteiger partial charge in [0.25, 0.3) is 0 Å². The summed E-state index contributed by atoms with van der Waals surface area (Å²) in [6.45, 7) is 4.74. The summed E-state index contributed by atoms with van der Waals surface area (Å²) < 4.78 is 29.2. The predicted molar refractivity (Wildman–Crippen MR) is 133 cm³/mol. The molecule has 0 bridgehead atoms. The number of rotatable bonds is 8. The fraction of sp³-hybridized carbons (Fsp3) is 0.385. The Morgan fingerprint density at radius 3 is 2.73 bits per heavy atom. The molecule has 0 amide bonds. The lowest BCUT2D eigenvalue weighted by Crippen LogP contribution is -2.27. The summed E-state index contributed by atoms with van der Waals surface area (Å²) in [6, 6.07) is 7.22. The van der Waals surface area contributed by atoms with Crippen molar-refractivity contribution in [3.8, 4) is 28.8 Å². The van der Waals surface area contributed by atoms with E-state index in [2.05, 4.69) is 21.3 Å². The Morgan fingerprint density at radius 1 is 1.19 bits per heavy atom. The zero-order valence-electron chi connectivity index (χ0n) is 20.9. The van der Waals surface area contributed by atoms with Gasteiger partial charge in [-0.1, -0.05) is 6.07 Å². The van der Waals surface area contributed by atoms with Crippen LogP contribution in [0.2, 0.25) is 0 Å². The van der Waals surface area contributed by atoms with Crippen LogP contribution in [0.25, 0.3) is 16.6 Å². The van der Waals surface area contributed by atoms with Crippen LogP contribution in [0.4, 0.5) is 4.39 Å². The molecular weight excluding hydrogens is 477 g/mol. The molecule has 1 aliphatic rings. The van der Waals surface area contributed by atoms with Crippen LogP contribution >= 0.6 is 0 Å². The quantitative estimate of drug-likeness (QED) is 0.389. The number of fused-ring (bicyclic) bond motifs is 1. The topological polar surface area (TPSA) is 114 Å². The lowest BCUT2D eigenvalue weighted by atomic mass is 10.1. The maximum atomic E-state index is 15.1. The highest BCUT2D eigenvalue weighted by atomic mass is 19.1. The summed E-state index contributed by atoms with van der Waals surface area (Å²) in [5, 5.41) is 28.4. The molecule has 1 saturated heterocycles. The van der Waals surface area contributed by atoms with E-state index in [1.807, 2.05) is 11.0 Å². The van der Waals surface area contributed by atoms with Gasteiger partial charge in [-0.15, -0.1) is 0 Å². The first-order chi connectivity index (χ1) is 17.7. The van der Waals surface area contributed by atoms with Crippen molar-refractivity contribution in [2.45, 2.75) is 38.2 Å². The van der Waals surface area contributed by atoms with Gasteiger partial charge in [-0.25, -0.2) is 13.9 Å². The van der Waals surface area contributed by atoms with Crippen molar-refractivity contribution in [2.75, 3.05) is 26.8 Å². The molecule has 1 aliphatic heterocycles. The number of ether oxygens (including phenoxy) is 2. The monoisotopic (exact) mass is 505 g/mol. The largest absolute Gasteiger partial charge is 0.489 e. The average Bonchev–Trinajstić information content (AvgIpc) is 3.60. The first kappa shape index (κ1) is 24.7. The Hall–Kier alpha value is -4.01. The van der Waals surface area contributed by atoms with E-state index in [0.29, 0.717) is 46.9 Å². The summed E-state index contributed by atoms with van der Waals surface area (Å²) in [4.78, 5) is 6.26. The molecule has 5 rings (SSSR count). The molecule has 0 saturated carbocycles. The number of hydrogen-bond donors (Lipinski definition) is 1. The Bertz CT molecular complexity index is 1440. The third-order valence-corrected chi connectivity index (χ3v) is 6.26. The first-order valence-electron chi connectivity index (χ1n) is 11.9. The Kier molecular flexibility index (Phi) is 6.54. The maximum Gasteiger partial charge on any atom is 0.212 e. The normalized spacial score (nSPS) is 18.3. The van der Waals surface area contributed by atoms with E-state index < -0.39 is 17.8 Å². The fourth-order valence-corrected chi connectivity index (χ4v) is 4.48. The Morgan fingerprint density at radius 2 is 2.03 bits per heavy atom. The van der Waals surface area contributed by atoms with Crippen molar-refractivity contribution in [3.05, 3.63) is 60.3 Å². The van der Waals surface area contributed by atoms with Gasteiger partial charge in [0.2, 0.25) is 5.88 Å². The van der Waals surface area contributed by atoms with Crippen LogP contribution in [0.3, 0.4) is 0 Å². The molecule has 4 aromatic heterocycles. The molecule has 11 heteroatoms. The smallest absolute Gasteiger partial charge is 0.212 e.